The predicted molar refractivity (Wildman–Crippen MR) is 137 cm³/mol. The molecular formula is C26H27N5O6. The lowest BCUT2D eigenvalue weighted by Crippen LogP contribution is -2.37. The zero-order valence-corrected chi connectivity index (χ0v) is 20.8. The molecule has 2 aromatic heterocycles. The fourth-order valence-corrected chi connectivity index (χ4v) is 3.91. The number of carbonyl (C=O) groups is 2. The quantitative estimate of drug-likeness (QED) is 0.314. The first-order valence-corrected chi connectivity index (χ1v) is 11.6. The van der Waals surface area contributed by atoms with Gasteiger partial charge in [0.1, 0.15) is 13.2 Å². The number of aromatic nitrogens is 4. The summed E-state index contributed by atoms with van der Waals surface area (Å²) in [4.78, 5) is 56.3. The van der Waals surface area contributed by atoms with Crippen LogP contribution in [0.1, 0.15) is 20.7 Å². The smallest absolute Gasteiger partial charge is 0.338 e. The Balaban J connectivity index is 1.57. The zero-order chi connectivity index (χ0) is 26.5. The first-order valence-electron chi connectivity index (χ1n) is 11.6. The monoisotopic (exact) mass is 505 g/mol. The van der Waals surface area contributed by atoms with Gasteiger partial charge in [-0.05, 0) is 24.3 Å². The fraction of sp³-hybridized carbons (Fsp3) is 0.269. The summed E-state index contributed by atoms with van der Waals surface area (Å²) in [7, 11) is 4.60. The topological polar surface area (TPSA) is 118 Å². The van der Waals surface area contributed by atoms with Crippen molar-refractivity contribution in [2.24, 2.45) is 21.1 Å². The van der Waals surface area contributed by atoms with Crippen molar-refractivity contribution in [3.05, 3.63) is 92.6 Å². The van der Waals surface area contributed by atoms with Crippen molar-refractivity contribution in [1.82, 2.24) is 18.7 Å². The first kappa shape index (κ1) is 25.4. The van der Waals surface area contributed by atoms with Crippen molar-refractivity contribution in [2.45, 2.75) is 0 Å². The zero-order valence-electron chi connectivity index (χ0n) is 20.8. The summed E-state index contributed by atoms with van der Waals surface area (Å²) in [6, 6.07) is 17.2. The molecule has 0 spiro atoms. The minimum absolute atomic E-state index is 0.0144. The van der Waals surface area contributed by atoms with Gasteiger partial charge in [0.05, 0.1) is 24.2 Å². The van der Waals surface area contributed by atoms with E-state index in [-0.39, 0.29) is 37.5 Å². The minimum atomic E-state index is -0.498. The maximum atomic E-state index is 12.8. The normalized spacial score (nSPS) is 10.9. The Morgan fingerprint density at radius 1 is 0.757 bits per heavy atom. The van der Waals surface area contributed by atoms with E-state index in [0.29, 0.717) is 17.1 Å². The maximum absolute atomic E-state index is 12.8. The SMILES string of the molecule is Cn1c(=O)c2c(nc(N(CCOC(=O)c3ccccc3)CCOC(=O)c3ccccc3)n2C)n(C)c1=O. The number of nitrogens with zero attached hydrogens (tertiary/aromatic N) is 5. The molecule has 2 heterocycles. The second-order valence-corrected chi connectivity index (χ2v) is 8.34. The van der Waals surface area contributed by atoms with E-state index in [0.717, 1.165) is 4.57 Å². The highest BCUT2D eigenvalue weighted by Gasteiger charge is 2.22. The second-order valence-electron chi connectivity index (χ2n) is 8.34. The average Bonchev–Trinajstić information content (AvgIpc) is 3.27. The molecule has 11 heteroatoms. The largest absolute Gasteiger partial charge is 0.460 e. The number of aryl methyl sites for hydroxylation is 2. The summed E-state index contributed by atoms with van der Waals surface area (Å²) in [5, 5.41) is 0. The van der Waals surface area contributed by atoms with Crippen molar-refractivity contribution in [1.29, 1.82) is 0 Å². The lowest BCUT2D eigenvalue weighted by molar-refractivity contribution is 0.0503. The number of hydrogen-bond acceptors (Lipinski definition) is 8. The number of rotatable bonds is 9. The van der Waals surface area contributed by atoms with Crippen molar-refractivity contribution >= 4 is 29.1 Å². The molecule has 192 valence electrons. The Labute approximate surface area is 212 Å². The molecule has 0 bridgehead atoms. The van der Waals surface area contributed by atoms with Gasteiger partial charge in [0, 0.05) is 21.1 Å². The van der Waals surface area contributed by atoms with E-state index in [4.69, 9.17) is 9.47 Å². The lowest BCUT2D eigenvalue weighted by Gasteiger charge is -2.23. The van der Waals surface area contributed by atoms with Gasteiger partial charge in [-0.15, -0.1) is 0 Å². The van der Waals surface area contributed by atoms with Crippen LogP contribution in [0.25, 0.3) is 11.2 Å². The lowest BCUT2D eigenvalue weighted by atomic mass is 10.2. The fourth-order valence-electron chi connectivity index (χ4n) is 3.91. The number of anilines is 1. The van der Waals surface area contributed by atoms with E-state index in [1.165, 1.54) is 18.7 Å². The molecule has 11 nitrogen and oxygen atoms in total. The van der Waals surface area contributed by atoms with Gasteiger partial charge in [0.15, 0.2) is 11.2 Å². The number of imidazole rings is 1. The third kappa shape index (κ3) is 5.30. The Morgan fingerprint density at radius 3 is 1.73 bits per heavy atom. The highest BCUT2D eigenvalue weighted by atomic mass is 16.5. The van der Waals surface area contributed by atoms with E-state index in [2.05, 4.69) is 4.98 Å². The number of esters is 2. The molecule has 0 saturated heterocycles. The molecule has 0 atom stereocenters. The molecule has 4 rings (SSSR count). The third-order valence-electron chi connectivity index (χ3n) is 5.94. The molecule has 37 heavy (non-hydrogen) atoms. The van der Waals surface area contributed by atoms with Gasteiger partial charge in [-0.2, -0.15) is 4.98 Å². The van der Waals surface area contributed by atoms with Gasteiger partial charge in [-0.1, -0.05) is 36.4 Å². The van der Waals surface area contributed by atoms with Crippen LogP contribution in [0.4, 0.5) is 5.95 Å². The van der Waals surface area contributed by atoms with Crippen LogP contribution in [0.5, 0.6) is 0 Å². The Hall–Kier alpha value is -4.67. The van der Waals surface area contributed by atoms with Crippen LogP contribution in [-0.2, 0) is 30.6 Å². The molecule has 0 amide bonds. The van der Waals surface area contributed by atoms with Gasteiger partial charge in [0.2, 0.25) is 5.95 Å². The molecule has 0 aliphatic heterocycles. The van der Waals surface area contributed by atoms with E-state index >= 15 is 0 Å². The Kier molecular flexibility index (Phi) is 7.52. The molecule has 0 unspecified atom stereocenters. The maximum Gasteiger partial charge on any atom is 0.338 e. The van der Waals surface area contributed by atoms with Crippen LogP contribution in [-0.4, -0.2) is 56.9 Å². The van der Waals surface area contributed by atoms with Gasteiger partial charge >= 0.3 is 17.6 Å². The van der Waals surface area contributed by atoms with E-state index in [1.807, 2.05) is 0 Å². The van der Waals surface area contributed by atoms with Crippen LogP contribution in [0.3, 0.4) is 0 Å². The molecule has 2 aromatic carbocycles. The van der Waals surface area contributed by atoms with Gasteiger partial charge in [-0.25, -0.2) is 14.4 Å². The van der Waals surface area contributed by atoms with Crippen molar-refractivity contribution in [2.75, 3.05) is 31.2 Å². The van der Waals surface area contributed by atoms with Gasteiger partial charge in [-0.3, -0.25) is 13.9 Å². The predicted octanol–water partition coefficient (Wildman–Crippen LogP) is 1.49. The minimum Gasteiger partial charge on any atom is -0.460 e. The highest BCUT2D eigenvalue weighted by Crippen LogP contribution is 2.18. The number of carbonyl (C=O) groups excluding carboxylic acids is 2. The van der Waals surface area contributed by atoms with Crippen LogP contribution in [0, 0.1) is 0 Å². The summed E-state index contributed by atoms with van der Waals surface area (Å²) in [6.45, 7) is 0.431. The van der Waals surface area contributed by atoms with Crippen LogP contribution in [0.15, 0.2) is 70.3 Å². The van der Waals surface area contributed by atoms with E-state index < -0.39 is 23.2 Å². The average molecular weight is 506 g/mol. The van der Waals surface area contributed by atoms with Gasteiger partial charge in [0.25, 0.3) is 5.56 Å². The Morgan fingerprint density at radius 2 is 1.24 bits per heavy atom. The third-order valence-corrected chi connectivity index (χ3v) is 5.94. The summed E-state index contributed by atoms with van der Waals surface area (Å²) < 4.78 is 14.7. The number of fused-ring (bicyclic) bond motifs is 1. The molecule has 0 N–H and O–H groups in total. The summed E-state index contributed by atoms with van der Waals surface area (Å²) in [6.07, 6.45) is 0. The summed E-state index contributed by atoms with van der Waals surface area (Å²) in [5.41, 5.74) is 0.331. The molecule has 4 aromatic rings. The standard InChI is InChI=1S/C26H27N5O6/c1-28-20-21(29(2)26(35)30(3)22(20)32)27-25(28)31(14-16-36-23(33)18-10-6-4-7-11-18)15-17-37-24(34)19-12-8-5-9-13-19/h4-13H,14-17H2,1-3H3. The number of ether oxygens (including phenoxy) is 2. The molecular weight excluding hydrogens is 478 g/mol. The molecule has 0 radical (unpaired) electrons. The highest BCUT2D eigenvalue weighted by molar-refractivity contribution is 5.89. The summed E-state index contributed by atoms with van der Waals surface area (Å²) in [5.74, 6) is -0.588. The van der Waals surface area contributed by atoms with Crippen LogP contribution >= 0.6 is 0 Å². The van der Waals surface area contributed by atoms with Crippen molar-refractivity contribution < 1.29 is 19.1 Å². The van der Waals surface area contributed by atoms with Crippen molar-refractivity contribution in [3.63, 3.8) is 0 Å². The summed E-state index contributed by atoms with van der Waals surface area (Å²) >= 11 is 0. The molecule has 0 aliphatic rings. The van der Waals surface area contributed by atoms with Gasteiger partial charge < -0.3 is 18.9 Å². The molecule has 0 fully saturated rings. The first-order chi connectivity index (χ1) is 17.8. The number of hydrogen-bond donors (Lipinski definition) is 0. The molecule has 0 saturated carbocycles. The second kappa shape index (κ2) is 10.9. The van der Waals surface area contributed by atoms with E-state index in [1.54, 1.807) is 77.2 Å². The molecule has 0 aliphatic carbocycles. The van der Waals surface area contributed by atoms with Crippen LogP contribution in [0.2, 0.25) is 0 Å². The van der Waals surface area contributed by atoms with E-state index in [9.17, 15) is 19.2 Å². The van der Waals surface area contributed by atoms with Crippen LogP contribution < -0.4 is 16.1 Å². The number of benzene rings is 2. The Bertz CT molecular complexity index is 1480. The van der Waals surface area contributed by atoms with Crippen molar-refractivity contribution in [3.8, 4) is 0 Å².